The number of rotatable bonds is 6. The molecule has 1 unspecified atom stereocenters. The van der Waals surface area contributed by atoms with Crippen molar-refractivity contribution in [2.45, 2.75) is 19.4 Å². The Bertz CT molecular complexity index is 844. The first kappa shape index (κ1) is 17.4. The second-order valence-electron chi connectivity index (χ2n) is 5.91. The minimum absolute atomic E-state index is 0.110. The fourth-order valence-corrected chi connectivity index (χ4v) is 3.38. The number of hydrogen-bond acceptors (Lipinski definition) is 2. The Morgan fingerprint density at radius 3 is 2.24 bits per heavy atom. The molecule has 0 fully saturated rings. The lowest BCUT2D eigenvalue weighted by Gasteiger charge is -2.14. The van der Waals surface area contributed by atoms with Gasteiger partial charge in [0.1, 0.15) is 12.4 Å². The maximum absolute atomic E-state index is 12.6. The number of carbonyl (C=O) groups is 1. The van der Waals surface area contributed by atoms with E-state index < -0.39 is 0 Å². The van der Waals surface area contributed by atoms with E-state index >= 15 is 0 Å². The van der Waals surface area contributed by atoms with Gasteiger partial charge in [0.05, 0.1) is 0 Å². The Balaban J connectivity index is 1.72. The predicted octanol–water partition coefficient (Wildman–Crippen LogP) is 6.01. The second kappa shape index (κ2) is 8.13. The van der Waals surface area contributed by atoms with Gasteiger partial charge in [0.15, 0.2) is 5.78 Å². The third-order valence-corrected chi connectivity index (χ3v) is 4.83. The van der Waals surface area contributed by atoms with Gasteiger partial charge in [-0.05, 0) is 23.3 Å². The van der Waals surface area contributed by atoms with Gasteiger partial charge in [0.2, 0.25) is 0 Å². The van der Waals surface area contributed by atoms with E-state index in [0.29, 0.717) is 6.61 Å². The van der Waals surface area contributed by atoms with E-state index in [9.17, 15) is 4.79 Å². The van der Waals surface area contributed by atoms with Crippen molar-refractivity contribution in [3.8, 4) is 5.75 Å². The highest BCUT2D eigenvalue weighted by Gasteiger charge is 2.19. The minimum Gasteiger partial charge on any atom is -0.489 e. The fourth-order valence-electron chi connectivity index (χ4n) is 2.68. The van der Waals surface area contributed by atoms with Crippen LogP contribution in [0.2, 0.25) is 0 Å². The smallest absolute Gasteiger partial charge is 0.170 e. The van der Waals surface area contributed by atoms with E-state index in [1.807, 2.05) is 85.8 Å². The lowest BCUT2D eigenvalue weighted by molar-refractivity contribution is 0.0966. The maximum Gasteiger partial charge on any atom is 0.170 e. The molecular formula is C22H19BrO2. The summed E-state index contributed by atoms with van der Waals surface area (Å²) >= 11 is 3.58. The summed E-state index contributed by atoms with van der Waals surface area (Å²) in [6, 6.07) is 25.2. The monoisotopic (exact) mass is 394 g/mol. The summed E-state index contributed by atoms with van der Waals surface area (Å²) in [6.07, 6.45) is 0. The quantitative estimate of drug-likeness (QED) is 0.478. The van der Waals surface area contributed by atoms with Gasteiger partial charge < -0.3 is 4.74 Å². The number of hydrogen-bond donors (Lipinski definition) is 0. The van der Waals surface area contributed by atoms with E-state index in [0.717, 1.165) is 26.9 Å². The molecule has 3 aromatic rings. The Morgan fingerprint density at radius 2 is 1.60 bits per heavy atom. The molecule has 1 atom stereocenters. The van der Waals surface area contributed by atoms with Crippen molar-refractivity contribution in [2.24, 2.45) is 0 Å². The van der Waals surface area contributed by atoms with Crippen molar-refractivity contribution < 1.29 is 9.53 Å². The first-order chi connectivity index (χ1) is 12.1. The van der Waals surface area contributed by atoms with Gasteiger partial charge in [-0.3, -0.25) is 4.79 Å². The molecule has 0 saturated heterocycles. The molecule has 0 aromatic heterocycles. The van der Waals surface area contributed by atoms with Crippen molar-refractivity contribution in [1.82, 2.24) is 0 Å². The van der Waals surface area contributed by atoms with Gasteiger partial charge in [-0.1, -0.05) is 89.6 Å². The zero-order chi connectivity index (χ0) is 17.6. The first-order valence-corrected chi connectivity index (χ1v) is 9.00. The molecule has 2 nitrogen and oxygen atoms in total. The maximum atomic E-state index is 12.6. The van der Waals surface area contributed by atoms with Crippen LogP contribution in [0.25, 0.3) is 0 Å². The number of carbonyl (C=O) groups excluding carboxylic acids is 1. The van der Waals surface area contributed by atoms with Crippen LogP contribution < -0.4 is 4.74 Å². The van der Waals surface area contributed by atoms with Gasteiger partial charge in [0.25, 0.3) is 0 Å². The van der Waals surface area contributed by atoms with Crippen LogP contribution in [0.5, 0.6) is 5.75 Å². The van der Waals surface area contributed by atoms with Crippen LogP contribution in [-0.4, -0.2) is 5.78 Å². The summed E-state index contributed by atoms with van der Waals surface area (Å²) in [6.45, 7) is 2.45. The normalized spacial score (nSPS) is 11.8. The molecule has 0 radical (unpaired) electrons. The van der Waals surface area contributed by atoms with Crippen molar-refractivity contribution in [2.75, 3.05) is 0 Å². The molecule has 3 heteroatoms. The summed E-state index contributed by atoms with van der Waals surface area (Å²) in [5.41, 5.74) is 2.81. The number of halogens is 1. The van der Waals surface area contributed by atoms with Gasteiger partial charge in [-0.15, -0.1) is 0 Å². The minimum atomic E-state index is -0.222. The third kappa shape index (κ3) is 4.37. The van der Waals surface area contributed by atoms with Crippen LogP contribution in [0.15, 0.2) is 83.3 Å². The predicted molar refractivity (Wildman–Crippen MR) is 104 cm³/mol. The summed E-state index contributed by atoms with van der Waals surface area (Å²) < 4.78 is 6.72. The molecule has 0 saturated carbocycles. The number of benzene rings is 3. The number of ether oxygens (including phenoxy) is 1. The largest absolute Gasteiger partial charge is 0.489 e. The van der Waals surface area contributed by atoms with Crippen molar-refractivity contribution in [1.29, 1.82) is 0 Å². The molecule has 126 valence electrons. The molecule has 3 aromatic carbocycles. The highest BCUT2D eigenvalue weighted by atomic mass is 79.9. The number of ketones is 1. The Hall–Kier alpha value is -2.39. The highest BCUT2D eigenvalue weighted by Crippen LogP contribution is 2.31. The Kier molecular flexibility index (Phi) is 5.67. The first-order valence-electron chi connectivity index (χ1n) is 8.20. The van der Waals surface area contributed by atoms with E-state index in [4.69, 9.17) is 4.74 Å². The lowest BCUT2D eigenvalue weighted by atomic mass is 9.92. The van der Waals surface area contributed by atoms with Crippen LogP contribution in [0, 0.1) is 0 Å². The van der Waals surface area contributed by atoms with E-state index in [1.54, 1.807) is 0 Å². The van der Waals surface area contributed by atoms with Crippen LogP contribution in [0.4, 0.5) is 0 Å². The molecule has 0 N–H and O–H groups in total. The van der Waals surface area contributed by atoms with E-state index in [1.165, 1.54) is 0 Å². The van der Waals surface area contributed by atoms with Crippen LogP contribution in [-0.2, 0) is 6.61 Å². The molecule has 0 amide bonds. The van der Waals surface area contributed by atoms with Crippen LogP contribution in [0.3, 0.4) is 0 Å². The molecule has 0 heterocycles. The van der Waals surface area contributed by atoms with Crippen molar-refractivity contribution in [3.05, 3.63) is 100 Å². The van der Waals surface area contributed by atoms with Gasteiger partial charge in [-0.2, -0.15) is 0 Å². The summed E-state index contributed by atoms with van der Waals surface area (Å²) in [4.78, 5) is 12.6. The van der Waals surface area contributed by atoms with E-state index in [2.05, 4.69) is 15.9 Å². The Labute approximate surface area is 156 Å². The average Bonchev–Trinajstić information content (AvgIpc) is 2.67. The average molecular weight is 395 g/mol. The van der Waals surface area contributed by atoms with Gasteiger partial charge in [0, 0.05) is 16.0 Å². The van der Waals surface area contributed by atoms with Crippen molar-refractivity contribution >= 4 is 21.7 Å². The highest BCUT2D eigenvalue weighted by molar-refractivity contribution is 9.10. The second-order valence-corrected chi connectivity index (χ2v) is 6.76. The lowest BCUT2D eigenvalue weighted by Crippen LogP contribution is -2.10. The number of Topliss-reactive ketones (excluding diaryl/α,β-unsaturated/α-hetero) is 1. The SMILES string of the molecule is CC(C(=O)c1ccccc1)c1ccc(OCc2ccccc2)cc1Br. The van der Waals surface area contributed by atoms with Gasteiger partial charge in [-0.25, -0.2) is 0 Å². The summed E-state index contributed by atoms with van der Waals surface area (Å²) in [5, 5.41) is 0. The molecule has 0 bridgehead atoms. The van der Waals surface area contributed by atoms with Crippen molar-refractivity contribution in [3.63, 3.8) is 0 Å². The molecule has 3 rings (SSSR count). The molecule has 0 aliphatic carbocycles. The summed E-state index contributed by atoms with van der Waals surface area (Å²) in [7, 11) is 0. The van der Waals surface area contributed by atoms with E-state index in [-0.39, 0.29) is 11.7 Å². The zero-order valence-corrected chi connectivity index (χ0v) is 15.6. The third-order valence-electron chi connectivity index (χ3n) is 4.14. The van der Waals surface area contributed by atoms with Gasteiger partial charge >= 0.3 is 0 Å². The standard InChI is InChI=1S/C22H19BrO2/c1-16(22(24)18-10-6-3-7-11-18)20-13-12-19(14-21(20)23)25-15-17-8-4-2-5-9-17/h2-14,16H,15H2,1H3. The molecule has 0 spiro atoms. The fraction of sp³-hybridized carbons (Fsp3) is 0.136. The molecular weight excluding hydrogens is 376 g/mol. The van der Waals surface area contributed by atoms with Crippen LogP contribution in [0.1, 0.15) is 34.3 Å². The van der Waals surface area contributed by atoms with Crippen LogP contribution >= 0.6 is 15.9 Å². The summed E-state index contributed by atoms with van der Waals surface area (Å²) in [5.74, 6) is 0.665. The molecule has 25 heavy (non-hydrogen) atoms. The zero-order valence-electron chi connectivity index (χ0n) is 14.0. The molecule has 0 aliphatic rings. The topological polar surface area (TPSA) is 26.3 Å². The molecule has 0 aliphatic heterocycles. The Morgan fingerprint density at radius 1 is 0.960 bits per heavy atom.